The first-order valence-electron chi connectivity index (χ1n) is 9.83. The third-order valence-electron chi connectivity index (χ3n) is 5.30. The number of thiocarbonyl (C=S) groups is 1. The fourth-order valence-electron chi connectivity index (χ4n) is 3.69. The minimum absolute atomic E-state index is 0.136. The van der Waals surface area contributed by atoms with Crippen LogP contribution in [-0.4, -0.2) is 34.1 Å². The molecule has 4 nitrogen and oxygen atoms in total. The van der Waals surface area contributed by atoms with Gasteiger partial charge in [0.25, 0.3) is 11.8 Å². The van der Waals surface area contributed by atoms with Crippen LogP contribution in [0.3, 0.4) is 0 Å². The molecule has 2 aliphatic rings. The van der Waals surface area contributed by atoms with Crippen LogP contribution in [-0.2, 0) is 9.59 Å². The summed E-state index contributed by atoms with van der Waals surface area (Å²) >= 11 is 6.78. The number of carbonyl (C=O) groups excluding carboxylic acids is 2. The van der Waals surface area contributed by atoms with E-state index in [0.29, 0.717) is 33.8 Å². The smallest absolute Gasteiger partial charge is 0.267 e. The van der Waals surface area contributed by atoms with Gasteiger partial charge < -0.3 is 4.90 Å². The number of amides is 2. The Kier molecular flexibility index (Phi) is 6.73. The van der Waals surface area contributed by atoms with E-state index in [-0.39, 0.29) is 11.8 Å². The molecule has 1 saturated heterocycles. The average Bonchev–Trinajstić information content (AvgIpc) is 3.13. The van der Waals surface area contributed by atoms with Crippen LogP contribution in [0.5, 0.6) is 0 Å². The van der Waals surface area contributed by atoms with E-state index < -0.39 is 0 Å². The summed E-state index contributed by atoms with van der Waals surface area (Å²) in [4.78, 5) is 30.1. The van der Waals surface area contributed by atoms with Crippen LogP contribution in [0, 0.1) is 5.92 Å². The van der Waals surface area contributed by atoms with Crippen LogP contribution in [0.4, 0.5) is 5.69 Å². The third-order valence-corrected chi connectivity index (χ3v) is 6.74. The first-order chi connectivity index (χ1) is 13.5. The van der Waals surface area contributed by atoms with Gasteiger partial charge in [0.2, 0.25) is 0 Å². The zero-order valence-electron chi connectivity index (χ0n) is 16.4. The molecule has 1 unspecified atom stereocenters. The van der Waals surface area contributed by atoms with Crippen molar-refractivity contribution in [3.8, 4) is 0 Å². The van der Waals surface area contributed by atoms with E-state index in [0.717, 1.165) is 36.9 Å². The van der Waals surface area contributed by atoms with Gasteiger partial charge >= 0.3 is 0 Å². The van der Waals surface area contributed by atoms with E-state index in [4.69, 9.17) is 12.2 Å². The fourth-order valence-corrected chi connectivity index (χ4v) is 5.04. The summed E-state index contributed by atoms with van der Waals surface area (Å²) in [7, 11) is 0. The SMILES string of the molecule is C=CCN1C(=O)/C(=C2\SC(=S)N(CC(CC)CCCC)C2=O)c2ccccc21. The van der Waals surface area contributed by atoms with Crippen LogP contribution >= 0.6 is 24.0 Å². The van der Waals surface area contributed by atoms with E-state index >= 15 is 0 Å². The Labute approximate surface area is 176 Å². The van der Waals surface area contributed by atoms with E-state index in [9.17, 15) is 9.59 Å². The van der Waals surface area contributed by atoms with Crippen LogP contribution in [0.1, 0.15) is 45.1 Å². The van der Waals surface area contributed by atoms with E-state index in [1.165, 1.54) is 11.8 Å². The normalized spacial score (nSPS) is 20.1. The summed E-state index contributed by atoms with van der Waals surface area (Å²) in [5.41, 5.74) is 2.09. The summed E-state index contributed by atoms with van der Waals surface area (Å²) in [6.07, 6.45) is 6.09. The second-order valence-electron chi connectivity index (χ2n) is 7.13. The monoisotopic (exact) mass is 414 g/mol. The molecule has 0 spiro atoms. The Morgan fingerprint density at radius 1 is 1.18 bits per heavy atom. The summed E-state index contributed by atoms with van der Waals surface area (Å²) in [5.74, 6) is 0.138. The molecule has 0 aromatic heterocycles. The number of hydrogen-bond donors (Lipinski definition) is 0. The number of unbranched alkanes of at least 4 members (excludes halogenated alkanes) is 1. The van der Waals surface area contributed by atoms with Gasteiger partial charge in [0.05, 0.1) is 16.2 Å². The molecule has 0 aliphatic carbocycles. The van der Waals surface area contributed by atoms with Crippen molar-refractivity contribution in [1.29, 1.82) is 0 Å². The lowest BCUT2D eigenvalue weighted by Crippen LogP contribution is -2.33. The number of rotatable bonds is 8. The number of hydrogen-bond acceptors (Lipinski definition) is 4. The second kappa shape index (κ2) is 9.05. The minimum Gasteiger partial charge on any atom is -0.304 e. The molecule has 0 saturated carbocycles. The predicted octanol–water partition coefficient (Wildman–Crippen LogP) is 5.01. The molecule has 148 valence electrons. The Balaban J connectivity index is 1.94. The molecule has 1 fully saturated rings. The number of carbonyl (C=O) groups is 2. The maximum atomic E-state index is 13.2. The van der Waals surface area contributed by atoms with Crippen LogP contribution in [0.15, 0.2) is 41.8 Å². The van der Waals surface area contributed by atoms with Crippen molar-refractivity contribution >= 4 is 51.4 Å². The summed E-state index contributed by atoms with van der Waals surface area (Å²) in [6, 6.07) is 7.59. The number of thioether (sulfide) groups is 1. The second-order valence-corrected chi connectivity index (χ2v) is 8.77. The molecule has 3 rings (SSSR count). The largest absolute Gasteiger partial charge is 0.304 e. The zero-order valence-corrected chi connectivity index (χ0v) is 18.1. The van der Waals surface area contributed by atoms with Gasteiger partial charge in [-0.1, -0.05) is 81.4 Å². The lowest BCUT2D eigenvalue weighted by atomic mass is 9.98. The Morgan fingerprint density at radius 2 is 1.93 bits per heavy atom. The van der Waals surface area contributed by atoms with Gasteiger partial charge in [0.1, 0.15) is 4.32 Å². The Hall–Kier alpha value is -1.92. The van der Waals surface area contributed by atoms with Crippen LogP contribution in [0.2, 0.25) is 0 Å². The number of nitrogens with zero attached hydrogens (tertiary/aromatic N) is 2. The highest BCUT2D eigenvalue weighted by atomic mass is 32.2. The summed E-state index contributed by atoms with van der Waals surface area (Å²) < 4.78 is 0.551. The molecule has 1 aromatic rings. The molecular weight excluding hydrogens is 388 g/mol. The first kappa shape index (κ1) is 20.8. The molecule has 28 heavy (non-hydrogen) atoms. The van der Waals surface area contributed by atoms with Gasteiger partial charge in [0, 0.05) is 18.7 Å². The van der Waals surface area contributed by atoms with Crippen molar-refractivity contribution in [3.63, 3.8) is 0 Å². The van der Waals surface area contributed by atoms with Gasteiger partial charge in [-0.2, -0.15) is 0 Å². The number of para-hydroxylation sites is 1. The van der Waals surface area contributed by atoms with E-state index in [2.05, 4.69) is 20.4 Å². The van der Waals surface area contributed by atoms with Gasteiger partial charge in [-0.25, -0.2) is 0 Å². The van der Waals surface area contributed by atoms with Crippen molar-refractivity contribution in [2.45, 2.75) is 39.5 Å². The van der Waals surface area contributed by atoms with Crippen molar-refractivity contribution in [3.05, 3.63) is 47.4 Å². The molecule has 0 N–H and O–H groups in total. The predicted molar refractivity (Wildman–Crippen MR) is 121 cm³/mol. The fraction of sp³-hybridized carbons (Fsp3) is 0.409. The van der Waals surface area contributed by atoms with Gasteiger partial charge in [-0.3, -0.25) is 14.5 Å². The highest BCUT2D eigenvalue weighted by molar-refractivity contribution is 8.26. The van der Waals surface area contributed by atoms with Crippen molar-refractivity contribution in [1.82, 2.24) is 4.90 Å². The topological polar surface area (TPSA) is 40.6 Å². The van der Waals surface area contributed by atoms with Crippen molar-refractivity contribution in [2.24, 2.45) is 5.92 Å². The highest BCUT2D eigenvalue weighted by Gasteiger charge is 2.41. The number of fused-ring (bicyclic) bond motifs is 1. The average molecular weight is 415 g/mol. The molecule has 0 radical (unpaired) electrons. The molecule has 1 atom stereocenters. The van der Waals surface area contributed by atoms with Gasteiger partial charge in [-0.05, 0) is 18.4 Å². The summed E-state index contributed by atoms with van der Waals surface area (Å²) in [5, 5.41) is 0. The molecule has 2 aliphatic heterocycles. The third kappa shape index (κ3) is 3.80. The van der Waals surface area contributed by atoms with Gasteiger partial charge in [0.15, 0.2) is 0 Å². The van der Waals surface area contributed by atoms with Gasteiger partial charge in [-0.15, -0.1) is 6.58 Å². The molecule has 0 bridgehead atoms. The summed E-state index contributed by atoms with van der Waals surface area (Å²) in [6.45, 7) is 9.12. The lowest BCUT2D eigenvalue weighted by Gasteiger charge is -2.21. The molecular formula is C22H26N2O2S2. The molecule has 1 aromatic carbocycles. The zero-order chi connectivity index (χ0) is 20.3. The maximum absolute atomic E-state index is 13.2. The molecule has 2 heterocycles. The van der Waals surface area contributed by atoms with Crippen molar-refractivity contribution in [2.75, 3.05) is 18.0 Å². The first-order valence-corrected chi connectivity index (χ1v) is 11.1. The Morgan fingerprint density at radius 3 is 2.61 bits per heavy atom. The standard InChI is InChI=1S/C22H26N2O2S2/c1-4-7-10-15(6-3)14-24-21(26)19(28-22(24)27)18-16-11-8-9-12-17(16)23(13-5-2)20(18)25/h5,8-9,11-12,15H,2,4,6-7,10,13-14H2,1,3H3/b19-18-. The van der Waals surface area contributed by atoms with E-state index in [1.807, 2.05) is 24.3 Å². The van der Waals surface area contributed by atoms with Crippen molar-refractivity contribution < 1.29 is 9.59 Å². The number of anilines is 1. The minimum atomic E-state index is -0.153. The lowest BCUT2D eigenvalue weighted by molar-refractivity contribution is -0.123. The molecule has 2 amide bonds. The Bertz CT molecular complexity index is 847. The quantitative estimate of drug-likeness (QED) is 0.341. The maximum Gasteiger partial charge on any atom is 0.267 e. The van der Waals surface area contributed by atoms with Crippen LogP contribution < -0.4 is 4.90 Å². The van der Waals surface area contributed by atoms with Crippen LogP contribution in [0.25, 0.3) is 5.57 Å². The molecule has 6 heteroatoms. The number of benzene rings is 1. The van der Waals surface area contributed by atoms with E-state index in [1.54, 1.807) is 15.9 Å². The highest BCUT2D eigenvalue weighted by Crippen LogP contribution is 2.44.